The van der Waals surface area contributed by atoms with Gasteiger partial charge in [0.15, 0.2) is 10.9 Å². The Morgan fingerprint density at radius 2 is 1.97 bits per heavy atom. The second kappa shape index (κ2) is 8.29. The molecule has 0 saturated carbocycles. The average molecular weight is 437 g/mol. The Morgan fingerprint density at radius 3 is 2.73 bits per heavy atom. The number of nitrogens with one attached hydrogen (secondary N) is 2. The molecule has 152 valence electrons. The molecule has 0 fully saturated rings. The molecule has 2 N–H and O–H groups in total. The molecular formula is C21H20N6OS2. The standard InChI is InChI=1S/C21H20N6OS2/c1-4-17-24-25-21-27(17)26-19(30-21)15-6-5-7-16(11-15)22-20(29)23-18(28)14-9-8-12(2)13(3)10-14/h5-11H,4H2,1-3H3,(H2,22,23,28,29). The Morgan fingerprint density at radius 1 is 1.13 bits per heavy atom. The summed E-state index contributed by atoms with van der Waals surface area (Å²) in [5, 5.41) is 19.8. The molecular weight excluding hydrogens is 416 g/mol. The fraction of sp³-hybridized carbons (Fsp3) is 0.190. The lowest BCUT2D eigenvalue weighted by molar-refractivity contribution is 0.0977. The van der Waals surface area contributed by atoms with Gasteiger partial charge in [-0.15, -0.1) is 10.2 Å². The van der Waals surface area contributed by atoms with Crippen LogP contribution in [0.5, 0.6) is 0 Å². The molecule has 0 unspecified atom stereocenters. The van der Waals surface area contributed by atoms with Crippen LogP contribution in [0.3, 0.4) is 0 Å². The molecule has 7 nitrogen and oxygen atoms in total. The van der Waals surface area contributed by atoms with Crippen molar-refractivity contribution in [1.82, 2.24) is 25.1 Å². The quantitative estimate of drug-likeness (QED) is 0.468. The number of benzene rings is 2. The van der Waals surface area contributed by atoms with Crippen molar-refractivity contribution in [2.24, 2.45) is 0 Å². The van der Waals surface area contributed by atoms with E-state index in [1.54, 1.807) is 10.6 Å². The fourth-order valence-corrected chi connectivity index (χ4v) is 4.01. The van der Waals surface area contributed by atoms with E-state index in [4.69, 9.17) is 12.2 Å². The van der Waals surface area contributed by atoms with Crippen LogP contribution in [0.1, 0.15) is 34.2 Å². The first-order chi connectivity index (χ1) is 14.4. The third-order valence-electron chi connectivity index (χ3n) is 4.74. The Kier molecular flexibility index (Phi) is 5.56. The van der Waals surface area contributed by atoms with E-state index in [9.17, 15) is 4.79 Å². The molecule has 9 heteroatoms. The van der Waals surface area contributed by atoms with Gasteiger partial charge in [-0.25, -0.2) is 0 Å². The minimum Gasteiger partial charge on any atom is -0.332 e. The number of nitrogens with zero attached hydrogens (tertiary/aromatic N) is 4. The van der Waals surface area contributed by atoms with Gasteiger partial charge >= 0.3 is 0 Å². The van der Waals surface area contributed by atoms with E-state index in [-0.39, 0.29) is 11.0 Å². The second-order valence-electron chi connectivity index (χ2n) is 6.86. The van der Waals surface area contributed by atoms with E-state index in [1.807, 2.05) is 57.2 Å². The topological polar surface area (TPSA) is 84.2 Å². The molecule has 1 amide bonds. The SMILES string of the molecule is CCc1nnc2sc(-c3cccc(NC(=S)NC(=O)c4ccc(C)c(C)c4)c3)nn12. The number of aryl methyl sites for hydroxylation is 3. The predicted molar refractivity (Wildman–Crippen MR) is 123 cm³/mol. The molecule has 0 aliphatic carbocycles. The smallest absolute Gasteiger partial charge is 0.257 e. The first-order valence-corrected chi connectivity index (χ1v) is 10.7. The zero-order chi connectivity index (χ0) is 21.3. The molecule has 4 rings (SSSR count). The highest BCUT2D eigenvalue weighted by atomic mass is 32.1. The number of anilines is 1. The highest BCUT2D eigenvalue weighted by Gasteiger charge is 2.13. The highest BCUT2D eigenvalue weighted by molar-refractivity contribution is 7.80. The van der Waals surface area contributed by atoms with Gasteiger partial charge in [-0.2, -0.15) is 9.61 Å². The Bertz CT molecular complexity index is 1260. The number of carbonyl (C=O) groups is 1. The summed E-state index contributed by atoms with van der Waals surface area (Å²) in [7, 11) is 0. The van der Waals surface area contributed by atoms with Crippen molar-refractivity contribution in [2.45, 2.75) is 27.2 Å². The van der Waals surface area contributed by atoms with E-state index in [0.717, 1.165) is 44.6 Å². The number of aromatic nitrogens is 4. The third-order valence-corrected chi connectivity index (χ3v) is 5.89. The normalized spacial score (nSPS) is 10.9. The molecule has 0 radical (unpaired) electrons. The number of fused-ring (bicyclic) bond motifs is 1. The van der Waals surface area contributed by atoms with E-state index in [1.165, 1.54) is 11.3 Å². The van der Waals surface area contributed by atoms with Crippen LogP contribution in [-0.2, 0) is 6.42 Å². The molecule has 0 saturated heterocycles. The van der Waals surface area contributed by atoms with Gasteiger partial charge in [0, 0.05) is 23.2 Å². The van der Waals surface area contributed by atoms with E-state index < -0.39 is 0 Å². The summed E-state index contributed by atoms with van der Waals surface area (Å²) < 4.78 is 1.77. The van der Waals surface area contributed by atoms with Crippen molar-refractivity contribution in [3.8, 4) is 10.6 Å². The summed E-state index contributed by atoms with van der Waals surface area (Å²) in [5.41, 5.74) is 4.47. The third kappa shape index (κ3) is 4.07. The van der Waals surface area contributed by atoms with Gasteiger partial charge in [0.05, 0.1) is 0 Å². The van der Waals surface area contributed by atoms with Crippen molar-refractivity contribution in [2.75, 3.05) is 5.32 Å². The van der Waals surface area contributed by atoms with Gasteiger partial charge in [-0.1, -0.05) is 36.5 Å². The molecule has 0 aliphatic rings. The van der Waals surface area contributed by atoms with Crippen molar-refractivity contribution >= 4 is 45.2 Å². The zero-order valence-corrected chi connectivity index (χ0v) is 18.4. The minimum absolute atomic E-state index is 0.238. The van der Waals surface area contributed by atoms with Crippen LogP contribution in [0, 0.1) is 13.8 Å². The molecule has 2 aromatic heterocycles. The number of thiocarbonyl (C=S) groups is 1. The fourth-order valence-electron chi connectivity index (χ4n) is 2.94. The van der Waals surface area contributed by atoms with Gasteiger partial charge in [0.1, 0.15) is 5.01 Å². The van der Waals surface area contributed by atoms with Crippen LogP contribution in [0.15, 0.2) is 42.5 Å². The molecule has 0 atom stereocenters. The molecule has 2 heterocycles. The number of amides is 1. The molecule has 4 aromatic rings. The second-order valence-corrected chi connectivity index (χ2v) is 8.22. The van der Waals surface area contributed by atoms with E-state index in [2.05, 4.69) is 25.9 Å². The number of rotatable bonds is 4. The summed E-state index contributed by atoms with van der Waals surface area (Å²) >= 11 is 6.80. The summed E-state index contributed by atoms with van der Waals surface area (Å²) in [6.07, 6.45) is 0.764. The molecule has 0 spiro atoms. The van der Waals surface area contributed by atoms with Crippen LogP contribution in [0.4, 0.5) is 5.69 Å². The number of hydrogen-bond donors (Lipinski definition) is 2. The van der Waals surface area contributed by atoms with Gasteiger partial charge < -0.3 is 5.32 Å². The lowest BCUT2D eigenvalue weighted by atomic mass is 10.1. The number of hydrogen-bond acceptors (Lipinski definition) is 6. The van der Waals surface area contributed by atoms with Crippen LogP contribution < -0.4 is 10.6 Å². The van der Waals surface area contributed by atoms with Crippen LogP contribution >= 0.6 is 23.6 Å². The molecule has 0 bridgehead atoms. The van der Waals surface area contributed by atoms with Gasteiger partial charge in [-0.05, 0) is 61.5 Å². The van der Waals surface area contributed by atoms with Crippen molar-refractivity contribution in [3.63, 3.8) is 0 Å². The highest BCUT2D eigenvalue weighted by Crippen LogP contribution is 2.27. The van der Waals surface area contributed by atoms with Crippen LogP contribution in [0.25, 0.3) is 15.5 Å². The summed E-state index contributed by atoms with van der Waals surface area (Å²) in [4.78, 5) is 13.2. The molecule has 2 aromatic carbocycles. The van der Waals surface area contributed by atoms with Gasteiger partial charge in [0.25, 0.3) is 5.91 Å². The lowest BCUT2D eigenvalue weighted by Gasteiger charge is -2.11. The Balaban J connectivity index is 1.48. The number of carbonyl (C=O) groups excluding carboxylic acids is 1. The van der Waals surface area contributed by atoms with Gasteiger partial charge in [-0.3, -0.25) is 10.1 Å². The predicted octanol–water partition coefficient (Wildman–Crippen LogP) is 4.16. The van der Waals surface area contributed by atoms with Crippen LogP contribution in [0.2, 0.25) is 0 Å². The molecule has 30 heavy (non-hydrogen) atoms. The summed E-state index contributed by atoms with van der Waals surface area (Å²) in [6.45, 7) is 6.01. The minimum atomic E-state index is -0.243. The first-order valence-electron chi connectivity index (χ1n) is 9.45. The lowest BCUT2D eigenvalue weighted by Crippen LogP contribution is -2.34. The monoisotopic (exact) mass is 436 g/mol. The Labute approximate surface area is 183 Å². The first kappa shape index (κ1) is 20.1. The summed E-state index contributed by atoms with van der Waals surface area (Å²) in [6, 6.07) is 13.3. The van der Waals surface area contributed by atoms with E-state index >= 15 is 0 Å². The van der Waals surface area contributed by atoms with Crippen molar-refractivity contribution < 1.29 is 4.79 Å². The van der Waals surface area contributed by atoms with E-state index in [0.29, 0.717) is 5.56 Å². The van der Waals surface area contributed by atoms with Crippen LogP contribution in [-0.4, -0.2) is 30.8 Å². The average Bonchev–Trinajstić information content (AvgIpc) is 3.30. The molecule has 0 aliphatic heterocycles. The van der Waals surface area contributed by atoms with Crippen molar-refractivity contribution in [3.05, 3.63) is 65.0 Å². The zero-order valence-electron chi connectivity index (χ0n) is 16.8. The van der Waals surface area contributed by atoms with Gasteiger partial charge in [0.2, 0.25) is 4.96 Å². The van der Waals surface area contributed by atoms with Crippen molar-refractivity contribution in [1.29, 1.82) is 0 Å². The maximum Gasteiger partial charge on any atom is 0.257 e. The Hall–Kier alpha value is -3.17. The maximum absolute atomic E-state index is 12.5. The summed E-state index contributed by atoms with van der Waals surface area (Å²) in [5.74, 6) is 0.588. The largest absolute Gasteiger partial charge is 0.332 e. The maximum atomic E-state index is 12.5.